The van der Waals surface area contributed by atoms with Gasteiger partial charge in [0, 0.05) is 19.6 Å². The van der Waals surface area contributed by atoms with Crippen molar-refractivity contribution in [1.82, 2.24) is 15.5 Å². The number of unbranched alkanes of at least 4 members (excludes halogenated alkanes) is 14. The molecule has 1 fully saturated rings. The molecule has 1 atom stereocenters. The number of hydrogen-bond acceptors (Lipinski definition) is 5. The van der Waals surface area contributed by atoms with Crippen molar-refractivity contribution in [2.45, 2.75) is 129 Å². The van der Waals surface area contributed by atoms with Crippen molar-refractivity contribution in [2.75, 3.05) is 39.4 Å². The lowest BCUT2D eigenvalue weighted by atomic mass is 9.95. The topological polar surface area (TPSA) is 79.9 Å². The van der Waals surface area contributed by atoms with Crippen LogP contribution < -0.4 is 10.6 Å². The van der Waals surface area contributed by atoms with E-state index in [1.807, 2.05) is 24.3 Å². The molecular weight excluding hydrogens is 514 g/mol. The molecule has 2 N–H and O–H groups in total. The molecule has 1 saturated heterocycles. The fourth-order valence-corrected chi connectivity index (χ4v) is 5.65. The fourth-order valence-electron chi connectivity index (χ4n) is 5.65. The fraction of sp³-hybridized carbons (Fsp3) is 0.765. The van der Waals surface area contributed by atoms with Gasteiger partial charge in [-0.3, -0.25) is 9.69 Å². The average molecular weight is 574 g/mol. The van der Waals surface area contributed by atoms with Gasteiger partial charge in [-0.25, -0.2) is 4.79 Å². The van der Waals surface area contributed by atoms with Crippen LogP contribution in [-0.2, 0) is 20.9 Å². The van der Waals surface area contributed by atoms with E-state index in [0.717, 1.165) is 69.6 Å². The molecule has 7 heteroatoms. The number of carbonyl (C=O) groups is 2. The van der Waals surface area contributed by atoms with E-state index in [1.54, 1.807) is 0 Å². The highest BCUT2D eigenvalue weighted by molar-refractivity contribution is 5.67. The van der Waals surface area contributed by atoms with E-state index < -0.39 is 6.09 Å². The van der Waals surface area contributed by atoms with Crippen molar-refractivity contribution in [3.05, 3.63) is 35.4 Å². The van der Waals surface area contributed by atoms with Crippen molar-refractivity contribution in [1.29, 1.82) is 0 Å². The number of amides is 2. The summed E-state index contributed by atoms with van der Waals surface area (Å²) in [7, 11) is 0. The van der Waals surface area contributed by atoms with Gasteiger partial charge in [-0.05, 0) is 30.5 Å². The minimum absolute atomic E-state index is 0.0640. The SMILES string of the molecule is CCCCCCCCCCCCCCCCCC(NC=O)c1ccccc1COC(=O)NCCCN1CCOCC1. The Morgan fingerprint density at radius 1 is 0.878 bits per heavy atom. The summed E-state index contributed by atoms with van der Waals surface area (Å²) in [5.41, 5.74) is 1.97. The molecule has 41 heavy (non-hydrogen) atoms. The molecule has 1 unspecified atom stereocenters. The summed E-state index contributed by atoms with van der Waals surface area (Å²) in [4.78, 5) is 26.0. The number of hydrogen-bond donors (Lipinski definition) is 2. The van der Waals surface area contributed by atoms with Gasteiger partial charge in [-0.2, -0.15) is 0 Å². The number of benzene rings is 1. The van der Waals surface area contributed by atoms with Crippen molar-refractivity contribution in [2.24, 2.45) is 0 Å². The molecular formula is C34H59N3O4. The van der Waals surface area contributed by atoms with Crippen LogP contribution in [0, 0.1) is 0 Å². The summed E-state index contributed by atoms with van der Waals surface area (Å²) in [6.45, 7) is 7.49. The predicted molar refractivity (Wildman–Crippen MR) is 168 cm³/mol. The van der Waals surface area contributed by atoms with E-state index in [0.29, 0.717) is 6.54 Å². The number of carbonyl (C=O) groups excluding carboxylic acids is 2. The van der Waals surface area contributed by atoms with E-state index >= 15 is 0 Å². The molecule has 0 aromatic heterocycles. The molecule has 234 valence electrons. The van der Waals surface area contributed by atoms with Crippen LogP contribution in [0.3, 0.4) is 0 Å². The molecule has 1 aliphatic heterocycles. The maximum atomic E-state index is 12.3. The lowest BCUT2D eigenvalue weighted by molar-refractivity contribution is -0.110. The Bertz CT molecular complexity index is 785. The molecule has 1 aromatic carbocycles. The Labute approximate surface area is 250 Å². The largest absolute Gasteiger partial charge is 0.445 e. The zero-order chi connectivity index (χ0) is 29.2. The number of alkyl carbamates (subject to hydrolysis) is 1. The van der Waals surface area contributed by atoms with Crippen LogP contribution in [-0.4, -0.2) is 56.8 Å². The number of nitrogens with one attached hydrogen (secondary N) is 2. The number of morpholine rings is 1. The molecule has 1 aromatic rings. The van der Waals surface area contributed by atoms with Crippen LogP contribution in [0.5, 0.6) is 0 Å². The van der Waals surface area contributed by atoms with Gasteiger partial charge in [0.2, 0.25) is 6.41 Å². The third-order valence-corrected chi connectivity index (χ3v) is 8.18. The van der Waals surface area contributed by atoms with Gasteiger partial charge in [0.15, 0.2) is 0 Å². The first kappa shape index (κ1) is 35.1. The van der Waals surface area contributed by atoms with Gasteiger partial charge in [0.1, 0.15) is 6.61 Å². The Morgan fingerprint density at radius 3 is 2.07 bits per heavy atom. The third kappa shape index (κ3) is 17.4. The summed E-state index contributed by atoms with van der Waals surface area (Å²) in [6.07, 6.45) is 22.2. The van der Waals surface area contributed by atoms with Crippen LogP contribution >= 0.6 is 0 Å². The summed E-state index contributed by atoms with van der Waals surface area (Å²) in [6, 6.07) is 7.88. The summed E-state index contributed by atoms with van der Waals surface area (Å²) in [5.74, 6) is 0. The maximum absolute atomic E-state index is 12.3. The van der Waals surface area contributed by atoms with Crippen LogP contribution in [0.1, 0.15) is 133 Å². The normalized spacial score (nSPS) is 14.5. The second-order valence-corrected chi connectivity index (χ2v) is 11.6. The molecule has 7 nitrogen and oxygen atoms in total. The monoisotopic (exact) mass is 573 g/mol. The average Bonchev–Trinajstić information content (AvgIpc) is 3.00. The molecule has 1 heterocycles. The van der Waals surface area contributed by atoms with Gasteiger partial charge >= 0.3 is 6.09 Å². The second kappa shape index (κ2) is 24.5. The van der Waals surface area contributed by atoms with Crippen LogP contribution in [0.2, 0.25) is 0 Å². The van der Waals surface area contributed by atoms with E-state index in [9.17, 15) is 9.59 Å². The molecule has 1 aliphatic rings. The lowest BCUT2D eigenvalue weighted by Crippen LogP contribution is -2.38. The maximum Gasteiger partial charge on any atom is 0.407 e. The third-order valence-electron chi connectivity index (χ3n) is 8.18. The quantitative estimate of drug-likeness (QED) is 0.0926. The molecule has 2 amide bonds. The predicted octanol–water partition coefficient (Wildman–Crippen LogP) is 7.68. The molecule has 2 rings (SSSR count). The smallest absolute Gasteiger partial charge is 0.407 e. The minimum Gasteiger partial charge on any atom is -0.445 e. The van der Waals surface area contributed by atoms with Crippen molar-refractivity contribution >= 4 is 12.5 Å². The Kier molecular flexibility index (Phi) is 20.9. The van der Waals surface area contributed by atoms with Gasteiger partial charge < -0.3 is 20.1 Å². The highest BCUT2D eigenvalue weighted by atomic mass is 16.5. The van der Waals surface area contributed by atoms with Gasteiger partial charge in [-0.1, -0.05) is 128 Å². The van der Waals surface area contributed by atoms with Crippen LogP contribution in [0.25, 0.3) is 0 Å². The zero-order valence-electron chi connectivity index (χ0n) is 26.0. The minimum atomic E-state index is -0.399. The van der Waals surface area contributed by atoms with E-state index in [1.165, 1.54) is 89.9 Å². The van der Waals surface area contributed by atoms with Gasteiger partial charge in [-0.15, -0.1) is 0 Å². The van der Waals surface area contributed by atoms with E-state index in [-0.39, 0.29) is 12.6 Å². The van der Waals surface area contributed by atoms with Gasteiger partial charge in [0.25, 0.3) is 0 Å². The van der Waals surface area contributed by atoms with Crippen molar-refractivity contribution in [3.63, 3.8) is 0 Å². The standard InChI is InChI=1S/C34H59N3O4/c1-2-3-4-5-6-7-8-9-10-11-12-13-14-15-16-22-33(36-30-38)32-21-18-17-20-31(32)29-41-34(39)35-23-19-24-37-25-27-40-28-26-37/h17-18,20-21,30,33H,2-16,19,22-29H2,1H3,(H,35,39)(H,36,38). The number of ether oxygens (including phenoxy) is 2. The number of nitrogens with zero attached hydrogens (tertiary/aromatic N) is 1. The first-order valence-corrected chi connectivity index (χ1v) is 16.7. The first-order valence-electron chi connectivity index (χ1n) is 16.7. The molecule has 0 aliphatic carbocycles. The van der Waals surface area contributed by atoms with Gasteiger partial charge in [0.05, 0.1) is 19.3 Å². The molecule has 0 radical (unpaired) electrons. The lowest BCUT2D eigenvalue weighted by Gasteiger charge is -2.26. The van der Waals surface area contributed by atoms with Crippen LogP contribution in [0.4, 0.5) is 4.79 Å². The first-order chi connectivity index (χ1) is 20.2. The van der Waals surface area contributed by atoms with E-state index in [2.05, 4.69) is 22.5 Å². The highest BCUT2D eigenvalue weighted by Gasteiger charge is 2.16. The summed E-state index contributed by atoms with van der Waals surface area (Å²) >= 11 is 0. The summed E-state index contributed by atoms with van der Waals surface area (Å²) < 4.78 is 10.9. The Morgan fingerprint density at radius 2 is 1.46 bits per heavy atom. The van der Waals surface area contributed by atoms with Crippen molar-refractivity contribution < 1.29 is 19.1 Å². The number of rotatable bonds is 25. The molecule has 0 bridgehead atoms. The zero-order valence-corrected chi connectivity index (χ0v) is 26.0. The Balaban J connectivity index is 1.56. The second-order valence-electron chi connectivity index (χ2n) is 11.6. The summed E-state index contributed by atoms with van der Waals surface area (Å²) in [5, 5.41) is 5.86. The van der Waals surface area contributed by atoms with E-state index in [4.69, 9.17) is 9.47 Å². The molecule has 0 spiro atoms. The van der Waals surface area contributed by atoms with Crippen LogP contribution in [0.15, 0.2) is 24.3 Å². The highest BCUT2D eigenvalue weighted by Crippen LogP contribution is 2.24. The molecule has 0 saturated carbocycles. The van der Waals surface area contributed by atoms with Crippen molar-refractivity contribution in [3.8, 4) is 0 Å². The Hall–Kier alpha value is -2.12.